The van der Waals surface area contributed by atoms with E-state index in [0.29, 0.717) is 19.4 Å². The summed E-state index contributed by atoms with van der Waals surface area (Å²) in [5.74, 6) is -2.57. The number of fused-ring (bicyclic) bond motifs is 1. The van der Waals surface area contributed by atoms with Crippen LogP contribution in [-0.4, -0.2) is 82.3 Å². The van der Waals surface area contributed by atoms with Gasteiger partial charge in [-0.3, -0.25) is 14.4 Å². The van der Waals surface area contributed by atoms with E-state index in [-0.39, 0.29) is 37.6 Å². The third-order valence-electron chi connectivity index (χ3n) is 8.07. The van der Waals surface area contributed by atoms with E-state index in [0.717, 1.165) is 32.1 Å². The lowest BCUT2D eigenvalue weighted by molar-refractivity contribution is -0.160. The highest BCUT2D eigenvalue weighted by Gasteiger charge is 2.78. The number of carbonyl (C=O) groups excluding carboxylic acids is 3. The molecule has 1 N–H and O–H groups in total. The Morgan fingerprint density at radius 3 is 2.61 bits per heavy atom. The van der Waals surface area contributed by atoms with Crippen LogP contribution in [0, 0.1) is 11.8 Å². The molecular weight excluding hydrogens is 424 g/mol. The predicted octanol–water partition coefficient (Wildman–Crippen LogP) is 1.82. The zero-order chi connectivity index (χ0) is 23.8. The number of aliphatic hydroxyl groups is 1. The number of hydrogen-bond acceptors (Lipinski definition) is 6. The van der Waals surface area contributed by atoms with Gasteiger partial charge in [0.25, 0.3) is 0 Å². The average Bonchev–Trinajstić information content (AvgIpc) is 3.37. The highest BCUT2D eigenvalue weighted by Crippen LogP contribution is 2.63. The van der Waals surface area contributed by atoms with Crippen LogP contribution < -0.4 is 0 Å². The fourth-order valence-electron chi connectivity index (χ4n) is 6.75. The Morgan fingerprint density at radius 2 is 1.97 bits per heavy atom. The summed E-state index contributed by atoms with van der Waals surface area (Å²) in [6.45, 7) is 9.47. The number of amides is 2. The number of rotatable bonds is 9. The Balaban J connectivity index is 1.72. The molecule has 1 saturated carbocycles. The van der Waals surface area contributed by atoms with Gasteiger partial charge in [-0.15, -0.1) is 6.58 Å². The van der Waals surface area contributed by atoms with Gasteiger partial charge in [0.05, 0.1) is 18.1 Å². The van der Waals surface area contributed by atoms with E-state index in [9.17, 15) is 19.5 Å². The second-order valence-electron chi connectivity index (χ2n) is 9.97. The molecule has 3 aliphatic heterocycles. The van der Waals surface area contributed by atoms with E-state index >= 15 is 0 Å². The van der Waals surface area contributed by atoms with Crippen molar-refractivity contribution >= 4 is 17.8 Å². The lowest BCUT2D eigenvalue weighted by atomic mass is 9.66. The van der Waals surface area contributed by atoms with Crippen LogP contribution in [-0.2, 0) is 23.9 Å². The van der Waals surface area contributed by atoms with Gasteiger partial charge in [-0.05, 0) is 32.6 Å². The second kappa shape index (κ2) is 9.22. The molecular formula is C25H36N2O6. The molecule has 4 aliphatic rings. The zero-order valence-electron chi connectivity index (χ0n) is 19.5. The van der Waals surface area contributed by atoms with Gasteiger partial charge in [0, 0.05) is 19.1 Å². The van der Waals surface area contributed by atoms with Crippen molar-refractivity contribution in [2.75, 3.05) is 26.3 Å². The molecule has 8 nitrogen and oxygen atoms in total. The molecule has 4 rings (SSSR count). The van der Waals surface area contributed by atoms with Crippen molar-refractivity contribution in [1.29, 1.82) is 0 Å². The summed E-state index contributed by atoms with van der Waals surface area (Å²) >= 11 is 0. The van der Waals surface area contributed by atoms with Gasteiger partial charge >= 0.3 is 5.97 Å². The second-order valence-corrected chi connectivity index (χ2v) is 9.97. The number of ether oxygens (including phenoxy) is 2. The molecule has 4 fully saturated rings. The maximum absolute atomic E-state index is 14.1. The third-order valence-corrected chi connectivity index (χ3v) is 8.07. The fourth-order valence-corrected chi connectivity index (χ4v) is 6.75. The molecule has 2 bridgehead atoms. The highest BCUT2D eigenvalue weighted by molar-refractivity contribution is 5.98. The Kier molecular flexibility index (Phi) is 6.69. The van der Waals surface area contributed by atoms with Crippen LogP contribution in [0.25, 0.3) is 0 Å². The quantitative estimate of drug-likeness (QED) is 0.417. The highest BCUT2D eigenvalue weighted by atomic mass is 16.6. The van der Waals surface area contributed by atoms with Gasteiger partial charge in [-0.1, -0.05) is 38.0 Å². The summed E-state index contributed by atoms with van der Waals surface area (Å²) < 4.78 is 11.9. The van der Waals surface area contributed by atoms with Crippen molar-refractivity contribution in [2.24, 2.45) is 11.8 Å². The maximum atomic E-state index is 14.1. The van der Waals surface area contributed by atoms with Crippen LogP contribution in [0.1, 0.15) is 51.9 Å². The van der Waals surface area contributed by atoms with E-state index in [1.54, 1.807) is 6.08 Å². The molecule has 0 aromatic heterocycles. The molecule has 2 unspecified atom stereocenters. The molecule has 2 amide bonds. The zero-order valence-corrected chi connectivity index (χ0v) is 19.5. The average molecular weight is 461 g/mol. The van der Waals surface area contributed by atoms with E-state index < -0.39 is 35.0 Å². The number of likely N-dealkylation sites (tertiary alicyclic amines) is 1. The van der Waals surface area contributed by atoms with Crippen LogP contribution in [0.5, 0.6) is 0 Å². The van der Waals surface area contributed by atoms with Gasteiger partial charge in [0.2, 0.25) is 11.8 Å². The number of carbonyl (C=O) groups is 3. The van der Waals surface area contributed by atoms with Crippen molar-refractivity contribution in [3.63, 3.8) is 0 Å². The molecule has 1 aliphatic carbocycles. The standard InChI is InChI=1S/C25H36N2O6/c1-4-13-26(17-9-7-6-8-10-17)22(30)20-25-12-11-24(3,33-25)19(23(31)32-16-5-2)18(25)21(29)27(20)14-15-28/h4-5,17-20,28H,1-2,6-16H2,3H3/t18-,19+,20?,24-,25?/m0/s1. The number of aliphatic hydroxyl groups excluding tert-OH is 1. The van der Waals surface area contributed by atoms with Crippen molar-refractivity contribution in [3.8, 4) is 0 Å². The lowest BCUT2D eigenvalue weighted by Crippen LogP contribution is -2.58. The molecule has 5 atom stereocenters. The number of β-amino-alcohol motifs (C(OH)–C–C–N with tert-alkyl or cyclic N) is 1. The van der Waals surface area contributed by atoms with E-state index in [1.807, 2.05) is 11.8 Å². The van der Waals surface area contributed by atoms with Crippen LogP contribution >= 0.6 is 0 Å². The molecule has 0 aromatic carbocycles. The largest absolute Gasteiger partial charge is 0.461 e. The van der Waals surface area contributed by atoms with Crippen LogP contribution in [0.4, 0.5) is 0 Å². The first-order chi connectivity index (χ1) is 15.8. The third kappa shape index (κ3) is 3.71. The topological polar surface area (TPSA) is 96.4 Å². The molecule has 3 saturated heterocycles. The van der Waals surface area contributed by atoms with Gasteiger partial charge < -0.3 is 24.4 Å². The Hall–Kier alpha value is -2.19. The van der Waals surface area contributed by atoms with E-state index in [2.05, 4.69) is 13.2 Å². The van der Waals surface area contributed by atoms with Gasteiger partial charge in [0.15, 0.2) is 0 Å². The molecule has 3 heterocycles. The number of esters is 1. The summed E-state index contributed by atoms with van der Waals surface area (Å²) in [6.07, 6.45) is 9.41. The van der Waals surface area contributed by atoms with Crippen LogP contribution in [0.3, 0.4) is 0 Å². The molecule has 0 aromatic rings. The summed E-state index contributed by atoms with van der Waals surface area (Å²) in [5.41, 5.74) is -1.96. The van der Waals surface area contributed by atoms with E-state index in [4.69, 9.17) is 9.47 Å². The minimum absolute atomic E-state index is 0.0224. The van der Waals surface area contributed by atoms with E-state index in [1.165, 1.54) is 11.0 Å². The Morgan fingerprint density at radius 1 is 1.24 bits per heavy atom. The molecule has 1 spiro atoms. The minimum Gasteiger partial charge on any atom is -0.461 e. The molecule has 8 heteroatoms. The first-order valence-corrected chi connectivity index (χ1v) is 12.1. The van der Waals surface area contributed by atoms with Crippen molar-refractivity contribution < 1.29 is 29.0 Å². The van der Waals surface area contributed by atoms with Crippen LogP contribution in [0.15, 0.2) is 25.3 Å². The Labute approximate surface area is 195 Å². The van der Waals surface area contributed by atoms with Gasteiger partial charge in [-0.25, -0.2) is 0 Å². The number of hydrogen-bond donors (Lipinski definition) is 1. The monoisotopic (exact) mass is 460 g/mol. The van der Waals surface area contributed by atoms with Gasteiger partial charge in [0.1, 0.15) is 24.2 Å². The molecule has 182 valence electrons. The Bertz CT molecular complexity index is 824. The lowest BCUT2D eigenvalue weighted by Gasteiger charge is -2.40. The number of nitrogens with zero attached hydrogens (tertiary/aromatic N) is 2. The fraction of sp³-hybridized carbons (Fsp3) is 0.720. The normalized spacial score (nSPS) is 35.4. The maximum Gasteiger partial charge on any atom is 0.313 e. The first kappa shape index (κ1) is 24.0. The summed E-state index contributed by atoms with van der Waals surface area (Å²) in [5, 5.41) is 9.73. The van der Waals surface area contributed by atoms with Gasteiger partial charge in [-0.2, -0.15) is 0 Å². The molecule has 0 radical (unpaired) electrons. The SMILES string of the molecule is C=CCOC(=O)[C@H]1[C@H]2C(=O)N(CCO)C(C(=O)N(CC=C)C3CCCCC3)C23CC[C@]1(C)O3. The predicted molar refractivity (Wildman–Crippen MR) is 121 cm³/mol. The summed E-state index contributed by atoms with van der Waals surface area (Å²) in [4.78, 5) is 44.1. The minimum atomic E-state index is -1.09. The summed E-state index contributed by atoms with van der Waals surface area (Å²) in [6, 6.07) is -0.781. The molecule has 33 heavy (non-hydrogen) atoms. The van der Waals surface area contributed by atoms with Crippen LogP contribution in [0.2, 0.25) is 0 Å². The summed E-state index contributed by atoms with van der Waals surface area (Å²) in [7, 11) is 0. The first-order valence-electron chi connectivity index (χ1n) is 12.1. The van der Waals surface area contributed by atoms with Crippen molar-refractivity contribution in [1.82, 2.24) is 9.80 Å². The smallest absolute Gasteiger partial charge is 0.313 e. The van der Waals surface area contributed by atoms with Crippen molar-refractivity contribution in [3.05, 3.63) is 25.3 Å². The van der Waals surface area contributed by atoms with Crippen molar-refractivity contribution in [2.45, 2.75) is 75.2 Å².